The summed E-state index contributed by atoms with van der Waals surface area (Å²) >= 11 is 1.50. The van der Waals surface area contributed by atoms with Gasteiger partial charge in [-0.2, -0.15) is 0 Å². The van der Waals surface area contributed by atoms with Crippen molar-refractivity contribution in [3.8, 4) is 0 Å². The Bertz CT molecular complexity index is 323. The van der Waals surface area contributed by atoms with Gasteiger partial charge in [0.2, 0.25) is 0 Å². The Morgan fingerprint density at radius 3 is 2.93 bits per heavy atom. The molecule has 0 radical (unpaired) electrons. The molecule has 2 N–H and O–H groups in total. The van der Waals surface area contributed by atoms with Gasteiger partial charge in [-0.05, 0) is 14.0 Å². The minimum absolute atomic E-state index is 0.0864. The predicted octanol–water partition coefficient (Wildman–Crippen LogP) is 0.841. The molecule has 0 bridgehead atoms. The second kappa shape index (κ2) is 5.07. The van der Waals surface area contributed by atoms with E-state index in [1.54, 1.807) is 0 Å². The van der Waals surface area contributed by atoms with Gasteiger partial charge in [0.1, 0.15) is 0 Å². The van der Waals surface area contributed by atoms with Crippen molar-refractivity contribution in [2.24, 2.45) is 0 Å². The maximum absolute atomic E-state index is 10.5. The van der Waals surface area contributed by atoms with Crippen LogP contribution >= 0.6 is 11.3 Å². The van der Waals surface area contributed by atoms with E-state index in [1.165, 1.54) is 11.3 Å². The summed E-state index contributed by atoms with van der Waals surface area (Å²) in [7, 11) is 1.89. The van der Waals surface area contributed by atoms with Crippen LogP contribution in [0.4, 0.5) is 0 Å². The summed E-state index contributed by atoms with van der Waals surface area (Å²) in [5, 5.41) is 12.7. The first kappa shape index (κ1) is 11.1. The van der Waals surface area contributed by atoms with Gasteiger partial charge in [-0.15, -0.1) is 11.3 Å². The normalized spacial score (nSPS) is 10.4. The number of aryl methyl sites for hydroxylation is 1. The van der Waals surface area contributed by atoms with Crippen molar-refractivity contribution in [3.63, 3.8) is 0 Å². The number of nitrogens with one attached hydrogen (secondary N) is 1. The summed E-state index contributed by atoms with van der Waals surface area (Å²) in [5.74, 6) is -0.795. The third-order valence-electron chi connectivity index (χ3n) is 1.84. The van der Waals surface area contributed by atoms with E-state index in [2.05, 4.69) is 10.3 Å². The van der Waals surface area contributed by atoms with Crippen LogP contribution < -0.4 is 5.32 Å². The maximum Gasteiger partial charge on any atom is 0.308 e. The molecule has 1 rings (SSSR count). The molecule has 0 atom stereocenters. The standard InChI is InChI=1S/C9H14N2O2S/c1-6-7(5-9(12)13)14-8(11-6)3-4-10-2/h10H,3-5H2,1-2H3,(H,12,13). The van der Waals surface area contributed by atoms with E-state index in [-0.39, 0.29) is 6.42 Å². The molecule has 14 heavy (non-hydrogen) atoms. The largest absolute Gasteiger partial charge is 0.481 e. The number of carbonyl (C=O) groups is 1. The smallest absolute Gasteiger partial charge is 0.308 e. The van der Waals surface area contributed by atoms with E-state index < -0.39 is 5.97 Å². The number of thiazole rings is 1. The first-order chi connectivity index (χ1) is 6.63. The maximum atomic E-state index is 10.5. The summed E-state index contributed by atoms with van der Waals surface area (Å²) in [6.45, 7) is 2.73. The highest BCUT2D eigenvalue weighted by Gasteiger charge is 2.10. The number of aromatic nitrogens is 1. The third-order valence-corrected chi connectivity index (χ3v) is 3.05. The Hall–Kier alpha value is -0.940. The third kappa shape index (κ3) is 3.08. The predicted molar refractivity (Wildman–Crippen MR) is 55.8 cm³/mol. The van der Waals surface area contributed by atoms with Crippen molar-refractivity contribution >= 4 is 17.3 Å². The Balaban J connectivity index is 2.66. The second-order valence-electron chi connectivity index (χ2n) is 3.04. The quantitative estimate of drug-likeness (QED) is 0.762. The number of rotatable bonds is 5. The van der Waals surface area contributed by atoms with Gasteiger partial charge in [0.05, 0.1) is 17.1 Å². The molecule has 78 valence electrons. The molecule has 0 unspecified atom stereocenters. The van der Waals surface area contributed by atoms with Gasteiger partial charge >= 0.3 is 5.97 Å². The van der Waals surface area contributed by atoms with Crippen molar-refractivity contribution in [2.45, 2.75) is 19.8 Å². The SMILES string of the molecule is CNCCc1nc(C)c(CC(=O)O)s1. The molecular formula is C9H14N2O2S. The van der Waals surface area contributed by atoms with Crippen LogP contribution in [0, 0.1) is 6.92 Å². The van der Waals surface area contributed by atoms with Gasteiger partial charge in [0, 0.05) is 17.8 Å². The zero-order valence-corrected chi connectivity index (χ0v) is 9.15. The van der Waals surface area contributed by atoms with Crippen LogP contribution in [0.5, 0.6) is 0 Å². The lowest BCUT2D eigenvalue weighted by Gasteiger charge is -1.92. The fourth-order valence-corrected chi connectivity index (χ4v) is 2.19. The molecule has 0 aromatic carbocycles. The van der Waals surface area contributed by atoms with Crippen LogP contribution in [0.2, 0.25) is 0 Å². The Morgan fingerprint density at radius 2 is 2.36 bits per heavy atom. The van der Waals surface area contributed by atoms with Crippen LogP contribution in [0.3, 0.4) is 0 Å². The summed E-state index contributed by atoms with van der Waals surface area (Å²) in [5.41, 5.74) is 0.850. The number of likely N-dealkylation sites (N-methyl/N-ethyl adjacent to an activating group) is 1. The lowest BCUT2D eigenvalue weighted by Crippen LogP contribution is -2.09. The van der Waals surface area contributed by atoms with Crippen molar-refractivity contribution in [2.75, 3.05) is 13.6 Å². The summed E-state index contributed by atoms with van der Waals surface area (Å²) in [6.07, 6.45) is 0.949. The molecule has 5 heteroatoms. The van der Waals surface area contributed by atoms with E-state index >= 15 is 0 Å². The lowest BCUT2D eigenvalue weighted by molar-refractivity contribution is -0.136. The molecule has 1 aromatic heterocycles. The summed E-state index contributed by atoms with van der Waals surface area (Å²) < 4.78 is 0. The topological polar surface area (TPSA) is 62.2 Å². The first-order valence-electron chi connectivity index (χ1n) is 4.45. The van der Waals surface area contributed by atoms with Crippen molar-refractivity contribution < 1.29 is 9.90 Å². The van der Waals surface area contributed by atoms with E-state index in [4.69, 9.17) is 5.11 Å². The van der Waals surface area contributed by atoms with Crippen LogP contribution in [0.25, 0.3) is 0 Å². The molecule has 0 aliphatic rings. The Kier molecular flexibility index (Phi) is 4.03. The summed E-state index contributed by atoms with van der Waals surface area (Å²) in [6, 6.07) is 0. The van der Waals surface area contributed by atoms with Gasteiger partial charge < -0.3 is 10.4 Å². The number of carboxylic acids is 1. The molecule has 0 spiro atoms. The van der Waals surface area contributed by atoms with Gasteiger partial charge in [-0.25, -0.2) is 4.98 Å². The highest BCUT2D eigenvalue weighted by molar-refractivity contribution is 7.11. The van der Waals surface area contributed by atoms with Gasteiger partial charge in [0.15, 0.2) is 0 Å². The molecule has 1 aromatic rings. The lowest BCUT2D eigenvalue weighted by atomic mass is 10.3. The monoisotopic (exact) mass is 214 g/mol. The molecule has 0 amide bonds. The number of carboxylic acid groups (broad SMARTS) is 1. The molecule has 0 aliphatic heterocycles. The zero-order chi connectivity index (χ0) is 10.6. The van der Waals surface area contributed by atoms with Crippen molar-refractivity contribution in [1.29, 1.82) is 0 Å². The average molecular weight is 214 g/mol. The Labute approximate surface area is 87.0 Å². The van der Waals surface area contributed by atoms with E-state index in [0.29, 0.717) is 0 Å². The highest BCUT2D eigenvalue weighted by atomic mass is 32.1. The zero-order valence-electron chi connectivity index (χ0n) is 8.33. The number of hydrogen-bond acceptors (Lipinski definition) is 4. The average Bonchev–Trinajstić information content (AvgIpc) is 2.43. The molecular weight excluding hydrogens is 200 g/mol. The molecule has 0 saturated heterocycles. The van der Waals surface area contributed by atoms with Crippen molar-refractivity contribution in [1.82, 2.24) is 10.3 Å². The van der Waals surface area contributed by atoms with Crippen LogP contribution in [-0.4, -0.2) is 29.7 Å². The minimum atomic E-state index is -0.795. The fraction of sp³-hybridized carbons (Fsp3) is 0.556. The number of aliphatic carboxylic acids is 1. The van der Waals surface area contributed by atoms with Crippen LogP contribution in [-0.2, 0) is 17.6 Å². The summed E-state index contributed by atoms with van der Waals surface area (Å²) in [4.78, 5) is 15.7. The van der Waals surface area contributed by atoms with Crippen molar-refractivity contribution in [3.05, 3.63) is 15.6 Å². The minimum Gasteiger partial charge on any atom is -0.481 e. The number of hydrogen-bond donors (Lipinski definition) is 2. The van der Waals surface area contributed by atoms with Gasteiger partial charge in [-0.1, -0.05) is 0 Å². The molecule has 4 nitrogen and oxygen atoms in total. The molecule has 0 aliphatic carbocycles. The first-order valence-corrected chi connectivity index (χ1v) is 5.26. The van der Waals surface area contributed by atoms with E-state index in [1.807, 2.05) is 14.0 Å². The van der Waals surface area contributed by atoms with Crippen LogP contribution in [0.15, 0.2) is 0 Å². The fourth-order valence-electron chi connectivity index (χ4n) is 1.13. The highest BCUT2D eigenvalue weighted by Crippen LogP contribution is 2.18. The molecule has 1 heterocycles. The van der Waals surface area contributed by atoms with Gasteiger partial charge in [0.25, 0.3) is 0 Å². The molecule has 0 saturated carbocycles. The molecule has 0 fully saturated rings. The Morgan fingerprint density at radius 1 is 1.64 bits per heavy atom. The number of nitrogens with zero attached hydrogens (tertiary/aromatic N) is 1. The van der Waals surface area contributed by atoms with Crippen LogP contribution in [0.1, 0.15) is 15.6 Å². The van der Waals surface area contributed by atoms with E-state index in [9.17, 15) is 4.79 Å². The van der Waals surface area contributed by atoms with Gasteiger partial charge in [-0.3, -0.25) is 4.79 Å². The van der Waals surface area contributed by atoms with E-state index in [0.717, 1.165) is 28.5 Å². The second-order valence-corrected chi connectivity index (χ2v) is 4.21.